The summed E-state index contributed by atoms with van der Waals surface area (Å²) < 4.78 is 6.16. The fourth-order valence-corrected chi connectivity index (χ4v) is 2.71. The molecule has 110 valence electrons. The molecule has 0 radical (unpaired) electrons. The molecule has 7 nitrogen and oxygen atoms in total. The first-order chi connectivity index (χ1) is 9.95. The maximum absolute atomic E-state index is 5.36. The molecule has 0 unspecified atom stereocenters. The molecule has 0 aliphatic rings. The number of hydrogen-bond acceptors (Lipinski definition) is 4. The van der Waals surface area contributed by atoms with Gasteiger partial charge in [0.2, 0.25) is 0 Å². The summed E-state index contributed by atoms with van der Waals surface area (Å²) in [4.78, 5) is 0. The van der Waals surface area contributed by atoms with E-state index in [4.69, 9.17) is 12.2 Å². The molecule has 21 heavy (non-hydrogen) atoms. The van der Waals surface area contributed by atoms with Gasteiger partial charge in [0.15, 0.2) is 10.6 Å². The van der Waals surface area contributed by atoms with E-state index in [0.29, 0.717) is 11.3 Å². The number of aryl methyl sites for hydroxylation is 4. The molecule has 3 rings (SSSR count). The van der Waals surface area contributed by atoms with Crippen molar-refractivity contribution in [1.29, 1.82) is 0 Å². The zero-order valence-corrected chi connectivity index (χ0v) is 13.3. The molecule has 3 aromatic heterocycles. The molecular weight excluding hydrogens is 286 g/mol. The summed E-state index contributed by atoms with van der Waals surface area (Å²) >= 11 is 5.36. The Kier molecular flexibility index (Phi) is 3.25. The summed E-state index contributed by atoms with van der Waals surface area (Å²) in [5.74, 6) is 0.808. The Morgan fingerprint density at radius 2 is 2.00 bits per heavy atom. The van der Waals surface area contributed by atoms with Crippen molar-refractivity contribution in [3.63, 3.8) is 0 Å². The minimum atomic E-state index is 0.557. The Bertz CT molecular complexity index is 848. The van der Waals surface area contributed by atoms with Gasteiger partial charge in [0.25, 0.3) is 0 Å². The van der Waals surface area contributed by atoms with Gasteiger partial charge in [0.1, 0.15) is 6.54 Å². The van der Waals surface area contributed by atoms with E-state index in [1.165, 1.54) is 0 Å². The fourth-order valence-electron chi connectivity index (χ4n) is 2.46. The second-order valence-corrected chi connectivity index (χ2v) is 5.53. The lowest BCUT2D eigenvalue weighted by atomic mass is 10.4. The van der Waals surface area contributed by atoms with Crippen LogP contribution in [0.5, 0.6) is 0 Å². The Hall–Kier alpha value is -2.22. The van der Waals surface area contributed by atoms with Gasteiger partial charge in [-0.15, -0.1) is 0 Å². The quantitative estimate of drug-likeness (QED) is 0.750. The van der Waals surface area contributed by atoms with Crippen LogP contribution in [0.15, 0.2) is 12.3 Å². The highest BCUT2D eigenvalue weighted by Crippen LogP contribution is 2.16. The molecular formula is C13H17N7S. The highest BCUT2D eigenvalue weighted by molar-refractivity contribution is 7.71. The number of nitrogens with one attached hydrogen (secondary N) is 1. The van der Waals surface area contributed by atoms with E-state index in [2.05, 4.69) is 20.4 Å². The molecule has 0 aromatic carbocycles. The first kappa shape index (κ1) is 13.7. The molecule has 3 heterocycles. The van der Waals surface area contributed by atoms with Gasteiger partial charge in [-0.1, -0.05) is 0 Å². The molecule has 0 fully saturated rings. The summed E-state index contributed by atoms with van der Waals surface area (Å²) in [6.07, 6.45) is 1.94. The van der Waals surface area contributed by atoms with Crippen LogP contribution in [0.25, 0.3) is 5.69 Å². The van der Waals surface area contributed by atoms with Crippen LogP contribution in [0.2, 0.25) is 0 Å². The Morgan fingerprint density at radius 3 is 2.57 bits per heavy atom. The summed E-state index contributed by atoms with van der Waals surface area (Å²) in [7, 11) is 1.89. The number of rotatable bonds is 3. The molecule has 3 aromatic rings. The lowest BCUT2D eigenvalue weighted by Gasteiger charge is -2.07. The molecule has 0 amide bonds. The normalized spacial score (nSPS) is 11.2. The topological polar surface area (TPSA) is 69.2 Å². The number of aromatic nitrogens is 7. The standard InChI is InChI=1S/C13H17N7S/c1-8-5-9(2)19(16-8)7-12-14-15-13(21)20(12)11-6-18(4)17-10(11)3/h5-6H,7H2,1-4H3,(H,15,21). The van der Waals surface area contributed by atoms with Gasteiger partial charge >= 0.3 is 0 Å². The van der Waals surface area contributed by atoms with Crippen molar-refractivity contribution in [2.24, 2.45) is 7.05 Å². The van der Waals surface area contributed by atoms with Crippen molar-refractivity contribution in [3.05, 3.63) is 39.9 Å². The third kappa shape index (κ3) is 2.42. The summed E-state index contributed by atoms with van der Waals surface area (Å²) in [6.45, 7) is 6.52. The third-order valence-corrected chi connectivity index (χ3v) is 3.64. The summed E-state index contributed by atoms with van der Waals surface area (Å²) in [6, 6.07) is 2.04. The van der Waals surface area contributed by atoms with Crippen LogP contribution in [0.4, 0.5) is 0 Å². The van der Waals surface area contributed by atoms with Crippen LogP contribution in [0, 0.1) is 25.5 Å². The fraction of sp³-hybridized carbons (Fsp3) is 0.385. The third-order valence-electron chi connectivity index (χ3n) is 3.36. The predicted molar refractivity (Wildman–Crippen MR) is 81.1 cm³/mol. The van der Waals surface area contributed by atoms with E-state index < -0.39 is 0 Å². The lowest BCUT2D eigenvalue weighted by Crippen LogP contribution is -2.10. The molecule has 0 atom stereocenters. The second kappa shape index (κ2) is 4.96. The van der Waals surface area contributed by atoms with Crippen LogP contribution in [0.1, 0.15) is 22.9 Å². The van der Waals surface area contributed by atoms with Gasteiger partial charge in [-0.25, -0.2) is 0 Å². The smallest absolute Gasteiger partial charge is 0.200 e. The maximum atomic E-state index is 5.36. The van der Waals surface area contributed by atoms with Crippen LogP contribution >= 0.6 is 12.2 Å². The highest BCUT2D eigenvalue weighted by atomic mass is 32.1. The van der Waals surface area contributed by atoms with Gasteiger partial charge in [-0.2, -0.15) is 15.3 Å². The Labute approximate surface area is 127 Å². The van der Waals surface area contributed by atoms with Crippen molar-refractivity contribution in [1.82, 2.24) is 34.3 Å². The van der Waals surface area contributed by atoms with Gasteiger partial charge in [-0.3, -0.25) is 19.0 Å². The minimum Gasteiger partial charge on any atom is -0.273 e. The van der Waals surface area contributed by atoms with Gasteiger partial charge in [0, 0.05) is 18.9 Å². The van der Waals surface area contributed by atoms with E-state index in [9.17, 15) is 0 Å². The minimum absolute atomic E-state index is 0.557. The average Bonchev–Trinajstić information content (AvgIpc) is 3.00. The lowest BCUT2D eigenvalue weighted by molar-refractivity contribution is 0.622. The molecule has 0 saturated carbocycles. The zero-order valence-electron chi connectivity index (χ0n) is 12.5. The Morgan fingerprint density at radius 1 is 1.24 bits per heavy atom. The number of nitrogens with zero attached hydrogens (tertiary/aromatic N) is 6. The van der Waals surface area contributed by atoms with Crippen LogP contribution in [-0.4, -0.2) is 34.3 Å². The predicted octanol–water partition coefficient (Wildman–Crippen LogP) is 1.83. The van der Waals surface area contributed by atoms with Gasteiger partial charge in [0.05, 0.1) is 17.1 Å². The van der Waals surface area contributed by atoms with E-state index in [1.54, 1.807) is 4.68 Å². The Balaban J connectivity index is 2.07. The van der Waals surface area contributed by atoms with Crippen molar-refractivity contribution >= 4 is 12.2 Å². The average molecular weight is 303 g/mol. The van der Waals surface area contributed by atoms with Crippen LogP contribution < -0.4 is 0 Å². The van der Waals surface area contributed by atoms with Crippen molar-refractivity contribution in [2.45, 2.75) is 27.3 Å². The maximum Gasteiger partial charge on any atom is 0.200 e. The van der Waals surface area contributed by atoms with Crippen LogP contribution in [-0.2, 0) is 13.6 Å². The molecule has 1 N–H and O–H groups in total. The van der Waals surface area contributed by atoms with Gasteiger partial charge < -0.3 is 0 Å². The van der Waals surface area contributed by atoms with Crippen molar-refractivity contribution in [2.75, 3.05) is 0 Å². The van der Waals surface area contributed by atoms with E-state index in [1.807, 2.05) is 49.3 Å². The molecule has 0 saturated heterocycles. The number of aromatic amines is 1. The van der Waals surface area contributed by atoms with Crippen molar-refractivity contribution < 1.29 is 0 Å². The van der Waals surface area contributed by atoms with Crippen molar-refractivity contribution in [3.8, 4) is 5.69 Å². The largest absolute Gasteiger partial charge is 0.273 e. The van der Waals surface area contributed by atoms with E-state index in [-0.39, 0.29) is 0 Å². The first-order valence-corrected chi connectivity index (χ1v) is 7.04. The van der Waals surface area contributed by atoms with Gasteiger partial charge in [-0.05, 0) is 39.1 Å². The van der Waals surface area contributed by atoms with E-state index in [0.717, 1.165) is 28.6 Å². The second-order valence-electron chi connectivity index (χ2n) is 5.14. The number of H-pyrrole nitrogens is 1. The zero-order chi connectivity index (χ0) is 15.1. The monoisotopic (exact) mass is 303 g/mol. The molecule has 8 heteroatoms. The molecule has 0 aliphatic carbocycles. The summed E-state index contributed by atoms with van der Waals surface area (Å²) in [5, 5.41) is 16.0. The van der Waals surface area contributed by atoms with Crippen LogP contribution in [0.3, 0.4) is 0 Å². The molecule has 0 spiro atoms. The molecule has 0 bridgehead atoms. The highest BCUT2D eigenvalue weighted by Gasteiger charge is 2.14. The molecule has 0 aliphatic heterocycles. The first-order valence-electron chi connectivity index (χ1n) is 6.63. The SMILES string of the molecule is Cc1cc(C)n(Cc2n[nH]c(=S)n2-c2cn(C)nc2C)n1. The number of hydrogen-bond donors (Lipinski definition) is 1. The summed E-state index contributed by atoms with van der Waals surface area (Å²) in [5.41, 5.74) is 3.93. The van der Waals surface area contributed by atoms with E-state index >= 15 is 0 Å².